The fourth-order valence-electron chi connectivity index (χ4n) is 3.56. The predicted molar refractivity (Wildman–Crippen MR) is 109 cm³/mol. The largest absolute Gasteiger partial charge is 0.355 e. The molecule has 0 aliphatic heterocycles. The molecule has 0 bridgehead atoms. The van der Waals surface area contributed by atoms with Crippen LogP contribution in [-0.4, -0.2) is 27.8 Å². The van der Waals surface area contributed by atoms with E-state index in [1.807, 2.05) is 24.3 Å². The van der Waals surface area contributed by atoms with Crippen LogP contribution in [0.4, 0.5) is 0 Å². The Bertz CT molecular complexity index is 931. The molecule has 1 amide bonds. The first-order valence-electron chi connectivity index (χ1n) is 9.81. The van der Waals surface area contributed by atoms with Crippen LogP contribution in [0.5, 0.6) is 0 Å². The first-order chi connectivity index (χ1) is 13.2. The zero-order valence-electron chi connectivity index (χ0n) is 15.4. The summed E-state index contributed by atoms with van der Waals surface area (Å²) >= 11 is 1.36. The lowest BCUT2D eigenvalue weighted by atomic mass is 9.97. The van der Waals surface area contributed by atoms with Gasteiger partial charge < -0.3 is 5.32 Å². The average Bonchev–Trinajstić information content (AvgIpc) is 3.52. The molecule has 0 radical (unpaired) electrons. The van der Waals surface area contributed by atoms with Crippen LogP contribution in [0.2, 0.25) is 0 Å². The molecule has 6 heteroatoms. The van der Waals surface area contributed by atoms with E-state index >= 15 is 0 Å². The molecular weight excluding hydrogens is 358 g/mol. The van der Waals surface area contributed by atoms with Crippen molar-refractivity contribution in [2.24, 2.45) is 0 Å². The minimum Gasteiger partial charge on any atom is -0.355 e. The van der Waals surface area contributed by atoms with Crippen LogP contribution in [-0.2, 0) is 4.79 Å². The maximum Gasteiger partial charge on any atom is 0.262 e. The second-order valence-electron chi connectivity index (χ2n) is 7.31. The summed E-state index contributed by atoms with van der Waals surface area (Å²) in [5, 5.41) is 4.31. The zero-order chi connectivity index (χ0) is 18.6. The number of thioether (sulfide) groups is 1. The highest BCUT2D eigenvalue weighted by Crippen LogP contribution is 2.36. The normalized spacial score (nSPS) is 17.0. The third kappa shape index (κ3) is 4.43. The molecular formula is C21H25N3O2S. The van der Waals surface area contributed by atoms with Crippen molar-refractivity contribution in [3.63, 3.8) is 0 Å². The molecule has 0 unspecified atom stereocenters. The maximum atomic E-state index is 12.8. The van der Waals surface area contributed by atoms with Crippen LogP contribution in [0.15, 0.2) is 45.9 Å². The molecule has 1 aromatic carbocycles. The third-order valence-electron chi connectivity index (χ3n) is 5.17. The summed E-state index contributed by atoms with van der Waals surface area (Å²) in [4.78, 5) is 29.7. The van der Waals surface area contributed by atoms with Crippen LogP contribution >= 0.6 is 11.8 Å². The number of amides is 1. The van der Waals surface area contributed by atoms with E-state index in [0.717, 1.165) is 19.3 Å². The van der Waals surface area contributed by atoms with Gasteiger partial charge in [-0.15, -0.1) is 0 Å². The Morgan fingerprint density at radius 2 is 2.11 bits per heavy atom. The smallest absolute Gasteiger partial charge is 0.262 e. The Morgan fingerprint density at radius 1 is 1.26 bits per heavy atom. The highest BCUT2D eigenvalue weighted by molar-refractivity contribution is 7.99. The van der Waals surface area contributed by atoms with E-state index in [1.165, 1.54) is 43.0 Å². The molecule has 1 fully saturated rings. The van der Waals surface area contributed by atoms with Gasteiger partial charge in [0, 0.05) is 12.6 Å². The number of nitrogens with zero attached hydrogens (tertiary/aromatic N) is 2. The van der Waals surface area contributed by atoms with Crippen LogP contribution in [0.3, 0.4) is 0 Å². The number of para-hydroxylation sites is 1. The summed E-state index contributed by atoms with van der Waals surface area (Å²) in [7, 11) is 0. The fraction of sp³-hybridized carbons (Fsp3) is 0.476. The van der Waals surface area contributed by atoms with Crippen molar-refractivity contribution in [1.29, 1.82) is 0 Å². The first kappa shape index (κ1) is 18.3. The SMILES string of the molecule is O=C(CSc1nc2ccccc2c(=O)n1C1CC1)NCCC1=CCCCC1. The number of hydrogen-bond donors (Lipinski definition) is 1. The second kappa shape index (κ2) is 8.30. The Morgan fingerprint density at radius 3 is 2.89 bits per heavy atom. The average molecular weight is 384 g/mol. The van der Waals surface area contributed by atoms with Gasteiger partial charge in [0.25, 0.3) is 5.56 Å². The van der Waals surface area contributed by atoms with Gasteiger partial charge in [-0.3, -0.25) is 14.2 Å². The Balaban J connectivity index is 1.39. The number of nitrogens with one attached hydrogen (secondary N) is 1. The van der Waals surface area contributed by atoms with Gasteiger partial charge in [-0.2, -0.15) is 0 Å². The summed E-state index contributed by atoms with van der Waals surface area (Å²) in [5.74, 6) is 0.289. The fourth-order valence-corrected chi connectivity index (χ4v) is 4.45. The molecule has 142 valence electrons. The zero-order valence-corrected chi connectivity index (χ0v) is 16.3. The topological polar surface area (TPSA) is 64.0 Å². The van der Waals surface area contributed by atoms with E-state index in [2.05, 4.69) is 16.4 Å². The van der Waals surface area contributed by atoms with Crippen LogP contribution in [0.25, 0.3) is 10.9 Å². The van der Waals surface area contributed by atoms with Crippen molar-refractivity contribution in [1.82, 2.24) is 14.9 Å². The monoisotopic (exact) mass is 383 g/mol. The van der Waals surface area contributed by atoms with Gasteiger partial charge in [0.1, 0.15) is 0 Å². The van der Waals surface area contributed by atoms with Crippen molar-refractivity contribution in [3.05, 3.63) is 46.3 Å². The van der Waals surface area contributed by atoms with Crippen molar-refractivity contribution in [2.75, 3.05) is 12.3 Å². The number of allylic oxidation sites excluding steroid dienone is 1. The Labute approximate surface area is 163 Å². The predicted octanol–water partition coefficient (Wildman–Crippen LogP) is 3.83. The molecule has 2 aliphatic rings. The van der Waals surface area contributed by atoms with E-state index in [-0.39, 0.29) is 23.3 Å². The van der Waals surface area contributed by atoms with Crippen molar-refractivity contribution in [3.8, 4) is 0 Å². The maximum absolute atomic E-state index is 12.8. The highest BCUT2D eigenvalue weighted by Gasteiger charge is 2.28. The molecule has 0 saturated heterocycles. The molecule has 5 nitrogen and oxygen atoms in total. The Kier molecular flexibility index (Phi) is 5.62. The van der Waals surface area contributed by atoms with E-state index in [1.54, 1.807) is 4.57 Å². The quantitative estimate of drug-likeness (QED) is 0.448. The van der Waals surface area contributed by atoms with Gasteiger partial charge in [-0.05, 0) is 57.1 Å². The summed E-state index contributed by atoms with van der Waals surface area (Å²) in [6.07, 6.45) is 10.2. The highest BCUT2D eigenvalue weighted by atomic mass is 32.2. The van der Waals surface area contributed by atoms with Gasteiger partial charge in [-0.25, -0.2) is 4.98 Å². The number of aromatic nitrogens is 2. The van der Waals surface area contributed by atoms with Crippen LogP contribution in [0, 0.1) is 0 Å². The summed E-state index contributed by atoms with van der Waals surface area (Å²) in [6, 6.07) is 7.67. The standard InChI is InChI=1S/C21H25N3O2S/c25-19(22-13-12-15-6-2-1-3-7-15)14-27-21-23-18-9-5-4-8-17(18)20(26)24(21)16-10-11-16/h4-6,8-9,16H,1-3,7,10-14H2,(H,22,25). The third-order valence-corrected chi connectivity index (χ3v) is 6.13. The van der Waals surface area contributed by atoms with Crippen LogP contribution in [0.1, 0.15) is 51.0 Å². The molecule has 0 atom stereocenters. The van der Waals surface area contributed by atoms with E-state index < -0.39 is 0 Å². The van der Waals surface area contributed by atoms with Gasteiger partial charge in [0.15, 0.2) is 5.16 Å². The number of carbonyl (C=O) groups is 1. The van der Waals surface area contributed by atoms with E-state index in [0.29, 0.717) is 22.6 Å². The number of carbonyl (C=O) groups excluding carboxylic acids is 1. The molecule has 2 aromatic rings. The summed E-state index contributed by atoms with van der Waals surface area (Å²) in [5.41, 5.74) is 2.18. The Hall–Kier alpha value is -2.08. The minimum atomic E-state index is 0.00108. The first-order valence-corrected chi connectivity index (χ1v) is 10.8. The molecule has 1 N–H and O–H groups in total. The van der Waals surface area contributed by atoms with Gasteiger partial charge >= 0.3 is 0 Å². The van der Waals surface area contributed by atoms with Crippen molar-refractivity contribution < 1.29 is 4.79 Å². The number of rotatable bonds is 7. The molecule has 0 spiro atoms. The molecule has 1 aromatic heterocycles. The molecule has 1 heterocycles. The number of fused-ring (bicyclic) bond motifs is 1. The molecule has 1 saturated carbocycles. The van der Waals surface area contributed by atoms with E-state index in [9.17, 15) is 9.59 Å². The lowest BCUT2D eigenvalue weighted by Gasteiger charge is -2.14. The van der Waals surface area contributed by atoms with Gasteiger partial charge in [-0.1, -0.05) is 35.5 Å². The van der Waals surface area contributed by atoms with Crippen molar-refractivity contribution in [2.45, 2.75) is 56.1 Å². The summed E-state index contributed by atoms with van der Waals surface area (Å²) in [6.45, 7) is 0.686. The minimum absolute atomic E-state index is 0.00108. The summed E-state index contributed by atoms with van der Waals surface area (Å²) < 4.78 is 1.78. The molecule has 2 aliphatic carbocycles. The van der Waals surface area contributed by atoms with Crippen LogP contribution < -0.4 is 10.9 Å². The number of benzene rings is 1. The molecule has 27 heavy (non-hydrogen) atoms. The second-order valence-corrected chi connectivity index (χ2v) is 8.26. The van der Waals surface area contributed by atoms with Gasteiger partial charge in [0.05, 0.1) is 16.7 Å². The van der Waals surface area contributed by atoms with Crippen molar-refractivity contribution >= 4 is 28.6 Å². The van der Waals surface area contributed by atoms with E-state index in [4.69, 9.17) is 0 Å². The molecule has 4 rings (SSSR count). The lowest BCUT2D eigenvalue weighted by Crippen LogP contribution is -2.27. The lowest BCUT2D eigenvalue weighted by molar-refractivity contribution is -0.118. The van der Waals surface area contributed by atoms with Gasteiger partial charge in [0.2, 0.25) is 5.91 Å². The number of hydrogen-bond acceptors (Lipinski definition) is 4.